The van der Waals surface area contributed by atoms with E-state index < -0.39 is 11.6 Å². The van der Waals surface area contributed by atoms with Gasteiger partial charge in [-0.1, -0.05) is 18.7 Å². The molecule has 13 nitrogen and oxygen atoms in total. The van der Waals surface area contributed by atoms with Crippen LogP contribution in [0.1, 0.15) is 74.0 Å². The number of hydrogen-bond acceptors (Lipinski definition) is 9. The molecule has 1 N–H and O–H groups in total. The Morgan fingerprint density at radius 3 is 2.50 bits per heavy atom. The number of carbonyl (C=O) groups is 2. The third kappa shape index (κ3) is 7.99. The van der Waals surface area contributed by atoms with Crippen molar-refractivity contribution in [3.63, 3.8) is 0 Å². The maximum Gasteiger partial charge on any atom is 0.255 e. The van der Waals surface area contributed by atoms with Crippen molar-refractivity contribution in [2.24, 2.45) is 7.05 Å². The maximum absolute atomic E-state index is 13.2. The number of ether oxygens (including phenoxy) is 3. The highest BCUT2D eigenvalue weighted by Gasteiger charge is 2.39. The predicted octanol–water partition coefficient (Wildman–Crippen LogP) is 8.29. The van der Waals surface area contributed by atoms with E-state index in [1.165, 1.54) is 5.39 Å². The topological polar surface area (TPSA) is 128 Å². The molecular weight excluding hydrogens is 805 g/mol. The molecule has 4 aromatic heterocycles. The molecule has 0 spiro atoms. The highest BCUT2D eigenvalue weighted by molar-refractivity contribution is 6.08. The molecule has 4 aliphatic rings. The fourth-order valence-corrected chi connectivity index (χ4v) is 9.33. The molecule has 322 valence electrons. The number of allylic oxidation sites excluding steroid dienone is 1. The number of anilines is 1. The second-order valence-electron chi connectivity index (χ2n) is 17.7. The summed E-state index contributed by atoms with van der Waals surface area (Å²) in [6.07, 6.45) is 12.1. The van der Waals surface area contributed by atoms with Gasteiger partial charge in [-0.2, -0.15) is 0 Å². The van der Waals surface area contributed by atoms with Crippen molar-refractivity contribution in [3.05, 3.63) is 126 Å². The van der Waals surface area contributed by atoms with Crippen LogP contribution in [0.5, 0.6) is 11.6 Å². The van der Waals surface area contributed by atoms with Crippen molar-refractivity contribution in [1.29, 1.82) is 0 Å². The van der Waals surface area contributed by atoms with Crippen LogP contribution in [0.2, 0.25) is 0 Å². The third-order valence-electron chi connectivity index (χ3n) is 12.8. The Morgan fingerprint density at radius 2 is 1.72 bits per heavy atom. The Kier molecular flexibility index (Phi) is 10.5. The Balaban J connectivity index is 0.703. The third-order valence-corrected chi connectivity index (χ3v) is 12.8. The number of benzene rings is 2. The smallest absolute Gasteiger partial charge is 0.255 e. The molecule has 64 heavy (non-hydrogen) atoms. The van der Waals surface area contributed by atoms with Crippen molar-refractivity contribution in [1.82, 2.24) is 29.7 Å². The summed E-state index contributed by atoms with van der Waals surface area (Å²) in [6, 6.07) is 19.3. The number of hydrogen-bond donors (Lipinski definition) is 1. The van der Waals surface area contributed by atoms with Gasteiger partial charge in [0.15, 0.2) is 5.60 Å². The van der Waals surface area contributed by atoms with Crippen molar-refractivity contribution in [2.45, 2.75) is 88.9 Å². The Hall–Kier alpha value is -7.22. The van der Waals surface area contributed by atoms with Gasteiger partial charge in [0.05, 0.1) is 24.3 Å². The lowest BCUT2D eigenvalue weighted by atomic mass is 9.91. The van der Waals surface area contributed by atoms with Gasteiger partial charge in [-0.25, -0.2) is 9.83 Å². The zero-order valence-corrected chi connectivity index (χ0v) is 36.1. The molecular formula is C51H48N8O5. The van der Waals surface area contributed by atoms with Crippen LogP contribution < -0.4 is 19.7 Å². The monoisotopic (exact) mass is 852 g/mol. The minimum absolute atomic E-state index is 0.0703. The van der Waals surface area contributed by atoms with Crippen LogP contribution in [0.15, 0.2) is 97.7 Å². The van der Waals surface area contributed by atoms with Gasteiger partial charge in [0.1, 0.15) is 23.6 Å². The molecule has 3 fully saturated rings. The van der Waals surface area contributed by atoms with Crippen LogP contribution in [0.25, 0.3) is 37.8 Å². The molecule has 2 aromatic carbocycles. The first-order chi connectivity index (χ1) is 31.0. The second kappa shape index (κ2) is 16.5. The van der Waals surface area contributed by atoms with Gasteiger partial charge in [0, 0.05) is 109 Å². The van der Waals surface area contributed by atoms with Crippen LogP contribution >= 0.6 is 0 Å². The molecule has 0 bridgehead atoms. The van der Waals surface area contributed by atoms with Gasteiger partial charge in [0.2, 0.25) is 17.5 Å². The van der Waals surface area contributed by atoms with E-state index in [4.69, 9.17) is 20.8 Å². The average Bonchev–Trinajstić information content (AvgIpc) is 3.76. The number of aryl methyl sites for hydroxylation is 1. The average molecular weight is 853 g/mol. The molecule has 2 amide bonds. The lowest BCUT2D eigenvalue weighted by Gasteiger charge is -2.40. The van der Waals surface area contributed by atoms with E-state index in [0.29, 0.717) is 53.7 Å². The maximum atomic E-state index is 13.2. The van der Waals surface area contributed by atoms with Gasteiger partial charge < -0.3 is 33.9 Å². The minimum Gasteiger partial charge on any atom is -0.475 e. The first-order valence-corrected chi connectivity index (χ1v) is 21.9. The number of rotatable bonds is 9. The number of pyridine rings is 3. The predicted molar refractivity (Wildman–Crippen MR) is 244 cm³/mol. The molecule has 1 unspecified atom stereocenters. The largest absolute Gasteiger partial charge is 0.475 e. The van der Waals surface area contributed by atoms with E-state index in [1.54, 1.807) is 23.2 Å². The summed E-state index contributed by atoms with van der Waals surface area (Å²) in [5, 5.41) is 5.11. The number of carbonyl (C=O) groups excluding carboxylic acids is 2. The van der Waals surface area contributed by atoms with Crippen molar-refractivity contribution in [2.75, 3.05) is 18.0 Å². The summed E-state index contributed by atoms with van der Waals surface area (Å²) in [5.74, 6) is 7.23. The van der Waals surface area contributed by atoms with Gasteiger partial charge >= 0.3 is 0 Å². The van der Waals surface area contributed by atoms with E-state index in [2.05, 4.69) is 84.3 Å². The van der Waals surface area contributed by atoms with Gasteiger partial charge in [-0.15, -0.1) is 0 Å². The van der Waals surface area contributed by atoms with E-state index in [1.807, 2.05) is 56.7 Å². The minimum atomic E-state index is -0.893. The first-order valence-electron chi connectivity index (χ1n) is 21.9. The Labute approximate surface area is 371 Å². The van der Waals surface area contributed by atoms with Crippen molar-refractivity contribution >= 4 is 45.0 Å². The number of piperidine rings is 2. The molecule has 13 heteroatoms. The van der Waals surface area contributed by atoms with Gasteiger partial charge in [-0.3, -0.25) is 19.6 Å². The van der Waals surface area contributed by atoms with Crippen LogP contribution in [0, 0.1) is 18.4 Å². The van der Waals surface area contributed by atoms with E-state index in [9.17, 15) is 9.59 Å². The normalized spacial score (nSPS) is 20.0. The second-order valence-corrected chi connectivity index (χ2v) is 17.7. The summed E-state index contributed by atoms with van der Waals surface area (Å²) in [6.45, 7) is 17.3. The molecule has 6 aromatic rings. The van der Waals surface area contributed by atoms with Crippen LogP contribution in [-0.4, -0.2) is 79.3 Å². The Morgan fingerprint density at radius 1 is 0.891 bits per heavy atom. The highest BCUT2D eigenvalue weighted by atomic mass is 16.5. The zero-order chi connectivity index (χ0) is 44.1. The SMILES string of the molecule is [C-]#[N+]c1cnc(C#CC(C)(C)Oc2ccc3c(c2)CN(C2CCC(=C)NC2=O)C3=O)cc1N1CCC(OC2CC(Oc3ccc(-c4ccc5c6cnccc6n(C)c5c4)cn3)C2)CC1. The quantitative estimate of drug-likeness (QED) is 0.113. The van der Waals surface area contributed by atoms with Crippen LogP contribution in [0.4, 0.5) is 11.4 Å². The highest BCUT2D eigenvalue weighted by Crippen LogP contribution is 2.36. The number of nitrogens with one attached hydrogen (secondary N) is 1. The van der Waals surface area contributed by atoms with E-state index in [-0.39, 0.29) is 30.1 Å². The molecule has 0 radical (unpaired) electrons. The standard InChI is InChI=1S/C51H48N8O5/c1-31-6-12-45(49(60)56-31)59-30-34-22-37(9-11-40(34)50(59)61)64-51(2,3)18-14-35-24-47(43(52-4)29-54-35)58-20-16-36(17-21-58)62-38-25-39(26-38)63-48-13-8-33(27-55-48)32-7-10-41-42-28-53-19-15-44(42)57(5)46(41)23-32/h7-11,13,15,19,22-24,27-29,36,38-39,45H,1,6,12,16-17,20-21,25-26,30H2,2-3,5H3,(H,56,60). The summed E-state index contributed by atoms with van der Waals surface area (Å²) >= 11 is 0. The van der Waals surface area contributed by atoms with Gasteiger partial charge in [-0.05, 0) is 105 Å². The molecule has 1 aliphatic carbocycles. The molecule has 2 saturated heterocycles. The number of fused-ring (bicyclic) bond motifs is 4. The molecule has 7 heterocycles. The molecule has 1 saturated carbocycles. The zero-order valence-electron chi connectivity index (χ0n) is 36.1. The lowest BCUT2D eigenvalue weighted by molar-refractivity contribution is -0.126. The van der Waals surface area contributed by atoms with Crippen molar-refractivity contribution in [3.8, 4) is 34.6 Å². The van der Waals surface area contributed by atoms with E-state index >= 15 is 0 Å². The summed E-state index contributed by atoms with van der Waals surface area (Å²) in [7, 11) is 2.09. The molecule has 10 rings (SSSR count). The van der Waals surface area contributed by atoms with Crippen LogP contribution in [-0.2, 0) is 23.1 Å². The summed E-state index contributed by atoms with van der Waals surface area (Å²) < 4.78 is 21.3. The Bertz CT molecular complexity index is 2950. The molecule has 3 aliphatic heterocycles. The molecule has 1 atom stereocenters. The first kappa shape index (κ1) is 40.8. The van der Waals surface area contributed by atoms with Crippen molar-refractivity contribution < 1.29 is 23.8 Å². The summed E-state index contributed by atoms with van der Waals surface area (Å²) in [5.41, 5.74) is 7.48. The van der Waals surface area contributed by atoms with Gasteiger partial charge in [0.25, 0.3) is 5.91 Å². The fraction of sp³-hybridized carbons (Fsp3) is 0.333. The lowest BCUT2D eigenvalue weighted by Crippen LogP contribution is -2.49. The number of amides is 2. The summed E-state index contributed by atoms with van der Waals surface area (Å²) in [4.78, 5) is 46.9. The van der Waals surface area contributed by atoms with E-state index in [0.717, 1.165) is 77.6 Å². The number of nitrogens with zero attached hydrogens (tertiary/aromatic N) is 7. The van der Waals surface area contributed by atoms with Crippen LogP contribution in [0.3, 0.4) is 0 Å². The number of aromatic nitrogens is 4. The fourth-order valence-electron chi connectivity index (χ4n) is 9.33.